The highest BCUT2D eigenvalue weighted by Gasteiger charge is 2.59. The van der Waals surface area contributed by atoms with Crippen molar-refractivity contribution in [2.45, 2.75) is 24.7 Å². The third kappa shape index (κ3) is 5.58. The first kappa shape index (κ1) is 28.1. The quantitative estimate of drug-likeness (QED) is 0.395. The van der Waals surface area contributed by atoms with Gasteiger partial charge in [0.2, 0.25) is 5.91 Å². The molecule has 0 bridgehead atoms. The molecule has 0 aliphatic carbocycles. The van der Waals surface area contributed by atoms with E-state index in [-0.39, 0.29) is 24.6 Å². The largest absolute Gasteiger partial charge is 0.409 e. The maximum absolute atomic E-state index is 16.0. The van der Waals surface area contributed by atoms with E-state index in [0.717, 1.165) is 11.3 Å². The lowest BCUT2D eigenvalue weighted by molar-refractivity contribution is -0.220. The molecule has 2 aliphatic heterocycles. The van der Waals surface area contributed by atoms with Crippen LogP contribution in [0.15, 0.2) is 35.2 Å². The normalized spacial score (nSPS) is 19.9. The highest BCUT2D eigenvalue weighted by molar-refractivity contribution is 7.07. The van der Waals surface area contributed by atoms with Crippen molar-refractivity contribution in [3.63, 3.8) is 0 Å². The lowest BCUT2D eigenvalue weighted by atomic mass is 9.84. The van der Waals surface area contributed by atoms with E-state index in [2.05, 4.69) is 10.1 Å². The lowest BCUT2D eigenvalue weighted by Crippen LogP contribution is -2.65. The fourth-order valence-corrected chi connectivity index (χ4v) is 5.45. The third-order valence-corrected chi connectivity index (χ3v) is 7.53. The average molecular weight is 585 g/mol. The summed E-state index contributed by atoms with van der Waals surface area (Å²) in [5, 5.41) is 5.44. The topological polar surface area (TPSA) is 83.8 Å². The highest BCUT2D eigenvalue weighted by atomic mass is 32.1. The van der Waals surface area contributed by atoms with Crippen LogP contribution in [0.25, 0.3) is 0 Å². The molecule has 0 radical (unpaired) electrons. The summed E-state index contributed by atoms with van der Waals surface area (Å²) < 4.78 is 78.0. The molecule has 214 valence electrons. The number of hydrogen-bond donors (Lipinski definition) is 0. The van der Waals surface area contributed by atoms with Crippen LogP contribution in [0.4, 0.5) is 27.8 Å². The van der Waals surface area contributed by atoms with Crippen molar-refractivity contribution < 1.29 is 36.3 Å². The molecule has 0 saturated carbocycles. The molecule has 0 spiro atoms. The molecule has 1 amide bonds. The number of halogens is 5. The van der Waals surface area contributed by atoms with E-state index >= 15 is 4.39 Å². The Kier molecular flexibility index (Phi) is 7.88. The summed E-state index contributed by atoms with van der Waals surface area (Å²) >= 11 is 1.11. The molecule has 2 fully saturated rings. The molecule has 2 aromatic heterocycles. The predicted molar refractivity (Wildman–Crippen MR) is 134 cm³/mol. The van der Waals surface area contributed by atoms with Crippen molar-refractivity contribution in [3.8, 4) is 0 Å². The van der Waals surface area contributed by atoms with Crippen molar-refractivity contribution >= 4 is 29.0 Å². The van der Waals surface area contributed by atoms with Gasteiger partial charge in [-0.15, -0.1) is 11.3 Å². The SMILES string of the molecule is CN(Cc1ccc(F)cc1)c1c(F)c(C2CN(C(=O)CN3CCOCC3)C2C(F)(F)F)nn1C(=O)c1cscn1. The maximum atomic E-state index is 16.0. The molecule has 2 unspecified atom stereocenters. The van der Waals surface area contributed by atoms with Gasteiger partial charge in [-0.2, -0.15) is 23.0 Å². The van der Waals surface area contributed by atoms with Gasteiger partial charge in [-0.05, 0) is 17.7 Å². The molecule has 40 heavy (non-hydrogen) atoms. The molecule has 2 aliphatic rings. The Bertz CT molecular complexity index is 1360. The van der Waals surface area contributed by atoms with E-state index in [9.17, 15) is 27.2 Å². The van der Waals surface area contributed by atoms with Gasteiger partial charge in [0.1, 0.15) is 23.2 Å². The molecule has 2 atom stereocenters. The Morgan fingerprint density at radius 1 is 1.15 bits per heavy atom. The average Bonchev–Trinajstić information content (AvgIpc) is 3.53. The van der Waals surface area contributed by atoms with Crippen LogP contribution >= 0.6 is 11.3 Å². The zero-order valence-electron chi connectivity index (χ0n) is 21.3. The second-order valence-corrected chi connectivity index (χ2v) is 10.3. The Morgan fingerprint density at radius 2 is 1.85 bits per heavy atom. The van der Waals surface area contributed by atoms with Gasteiger partial charge < -0.3 is 14.5 Å². The van der Waals surface area contributed by atoms with E-state index in [1.165, 1.54) is 47.1 Å². The number of aromatic nitrogens is 3. The van der Waals surface area contributed by atoms with Crippen LogP contribution in [0.5, 0.6) is 0 Å². The number of alkyl halides is 3. The van der Waals surface area contributed by atoms with Gasteiger partial charge in [0.25, 0.3) is 5.91 Å². The fourth-order valence-electron chi connectivity index (χ4n) is 4.92. The Balaban J connectivity index is 1.46. The summed E-state index contributed by atoms with van der Waals surface area (Å²) in [5.74, 6) is -5.01. The van der Waals surface area contributed by atoms with Crippen molar-refractivity contribution in [3.05, 3.63) is 63.7 Å². The van der Waals surface area contributed by atoms with Crippen LogP contribution in [0.3, 0.4) is 0 Å². The number of hydrogen-bond acceptors (Lipinski definition) is 8. The van der Waals surface area contributed by atoms with Crippen LogP contribution in [-0.4, -0.2) is 95.0 Å². The lowest BCUT2D eigenvalue weighted by Gasteiger charge is -2.48. The van der Waals surface area contributed by atoms with Crippen LogP contribution in [0, 0.1) is 11.6 Å². The fraction of sp³-hybridized carbons (Fsp3) is 0.440. The minimum absolute atomic E-state index is 0.00417. The number of carbonyl (C=O) groups excluding carboxylic acids is 2. The van der Waals surface area contributed by atoms with E-state index in [4.69, 9.17) is 4.74 Å². The minimum atomic E-state index is -4.86. The number of morpholine rings is 1. The van der Waals surface area contributed by atoms with Crippen molar-refractivity contribution in [1.29, 1.82) is 0 Å². The van der Waals surface area contributed by atoms with E-state index in [0.29, 0.717) is 41.4 Å². The smallest absolute Gasteiger partial charge is 0.379 e. The molecule has 2 saturated heterocycles. The van der Waals surface area contributed by atoms with Crippen LogP contribution in [-0.2, 0) is 16.1 Å². The van der Waals surface area contributed by atoms with Gasteiger partial charge in [-0.3, -0.25) is 14.5 Å². The van der Waals surface area contributed by atoms with Gasteiger partial charge in [0, 0.05) is 38.6 Å². The second-order valence-electron chi connectivity index (χ2n) is 9.62. The van der Waals surface area contributed by atoms with E-state index < -0.39 is 53.8 Å². The molecule has 5 rings (SSSR count). The summed E-state index contributed by atoms with van der Waals surface area (Å²) in [7, 11) is 1.44. The first-order valence-corrected chi connectivity index (χ1v) is 13.3. The molecular weight excluding hydrogens is 559 g/mol. The molecule has 1 aromatic carbocycles. The molecule has 4 heterocycles. The summed E-state index contributed by atoms with van der Waals surface area (Å²) in [4.78, 5) is 33.6. The minimum Gasteiger partial charge on any atom is -0.379 e. The monoisotopic (exact) mass is 584 g/mol. The zero-order valence-corrected chi connectivity index (χ0v) is 22.1. The number of benzene rings is 1. The number of thiazole rings is 1. The molecule has 9 nitrogen and oxygen atoms in total. The number of ether oxygens (including phenoxy) is 1. The van der Waals surface area contributed by atoms with Gasteiger partial charge in [-0.25, -0.2) is 13.8 Å². The second kappa shape index (κ2) is 11.2. The Hall–Kier alpha value is -3.43. The Morgan fingerprint density at radius 3 is 2.48 bits per heavy atom. The standard InChI is InChI=1S/C25H25F5N6O3S/c1-33(10-15-2-4-16(26)5-3-15)23-20(27)21(32-36(23)24(38)18-13-40-14-31-18)17-11-35(22(17)25(28,29)30)19(37)12-34-6-8-39-9-7-34/h2-5,13-14,17,22H,6-12H2,1H3. The zero-order chi connectivity index (χ0) is 28.6. The van der Waals surface area contributed by atoms with Crippen LogP contribution < -0.4 is 4.90 Å². The molecule has 3 aromatic rings. The summed E-state index contributed by atoms with van der Waals surface area (Å²) in [6.07, 6.45) is -4.86. The van der Waals surface area contributed by atoms with E-state index in [1.807, 2.05) is 0 Å². The highest BCUT2D eigenvalue weighted by Crippen LogP contribution is 2.45. The van der Waals surface area contributed by atoms with E-state index in [1.54, 1.807) is 4.90 Å². The van der Waals surface area contributed by atoms with Crippen molar-refractivity contribution in [2.24, 2.45) is 0 Å². The first-order valence-electron chi connectivity index (χ1n) is 12.4. The maximum Gasteiger partial charge on any atom is 0.409 e. The summed E-state index contributed by atoms with van der Waals surface area (Å²) in [6.45, 7) is 0.971. The number of anilines is 1. The number of nitrogens with zero attached hydrogens (tertiary/aromatic N) is 6. The van der Waals surface area contributed by atoms with Gasteiger partial charge in [-0.1, -0.05) is 12.1 Å². The summed E-state index contributed by atoms with van der Waals surface area (Å²) in [6, 6.07) is 3.07. The molecule has 15 heteroatoms. The van der Waals surface area contributed by atoms with Gasteiger partial charge >= 0.3 is 6.18 Å². The Labute approximate surface area is 229 Å². The van der Waals surface area contributed by atoms with Crippen molar-refractivity contribution in [2.75, 3.05) is 51.3 Å². The van der Waals surface area contributed by atoms with Crippen molar-refractivity contribution in [1.82, 2.24) is 24.6 Å². The third-order valence-electron chi connectivity index (χ3n) is 6.95. The molecular formula is C25H25F5N6O3S. The first-order chi connectivity index (χ1) is 19.0. The van der Waals surface area contributed by atoms with Gasteiger partial charge in [0.05, 0.1) is 31.2 Å². The number of amides is 1. The van der Waals surface area contributed by atoms with Crippen LogP contribution in [0.2, 0.25) is 0 Å². The summed E-state index contributed by atoms with van der Waals surface area (Å²) in [5.41, 5.74) is 1.33. The van der Waals surface area contributed by atoms with Crippen LogP contribution in [0.1, 0.15) is 27.7 Å². The molecule has 0 N–H and O–H groups in total. The number of carbonyl (C=O) groups is 2. The number of rotatable bonds is 7. The number of likely N-dealkylation sites (tertiary alicyclic amines) is 1. The van der Waals surface area contributed by atoms with Gasteiger partial charge in [0.15, 0.2) is 11.6 Å². The predicted octanol–water partition coefficient (Wildman–Crippen LogP) is 3.13.